The minimum absolute atomic E-state index is 0.0577. The largest absolute Gasteiger partial charge is 0.416 e. The number of hydrazone groups is 1. The number of hydrogen-bond acceptors (Lipinski definition) is 5. The van der Waals surface area contributed by atoms with E-state index < -0.39 is 62.1 Å². The molecule has 1 N–H and O–H groups in total. The first-order valence-electron chi connectivity index (χ1n) is 9.53. The second kappa shape index (κ2) is 10.2. The highest BCUT2D eigenvalue weighted by Crippen LogP contribution is 2.30. The van der Waals surface area contributed by atoms with Crippen molar-refractivity contribution in [2.75, 3.05) is 0 Å². The highest BCUT2D eigenvalue weighted by Gasteiger charge is 2.31. The Morgan fingerprint density at radius 1 is 0.943 bits per heavy atom. The molecule has 13 heteroatoms. The molecule has 0 aromatic heterocycles. The van der Waals surface area contributed by atoms with E-state index in [0.717, 1.165) is 18.3 Å². The van der Waals surface area contributed by atoms with Crippen LogP contribution in [0.25, 0.3) is 0 Å². The van der Waals surface area contributed by atoms with Crippen molar-refractivity contribution in [3.8, 4) is 5.75 Å². The summed E-state index contributed by atoms with van der Waals surface area (Å²) in [6.45, 7) is 0. The summed E-state index contributed by atoms with van der Waals surface area (Å²) >= 11 is 0. The third kappa shape index (κ3) is 6.59. The van der Waals surface area contributed by atoms with E-state index in [-0.39, 0.29) is 11.3 Å². The van der Waals surface area contributed by atoms with Crippen molar-refractivity contribution in [2.45, 2.75) is 17.5 Å². The topological polar surface area (TPSA) is 84.8 Å². The standard InChI is InChI=1S/C22H14F6N2O4S/c23-17-11-19(25)18(24)9-14(17)10-21(31)30-29-12-13-3-1-2-4-20(13)34-35(32,33)16-7-5-15(6-8-16)22(26,27)28/h1-9,11-12H,10H2,(H,30,31). The number of carbonyl (C=O) groups excluding carboxylic acids is 1. The molecule has 0 bridgehead atoms. The van der Waals surface area contributed by atoms with Gasteiger partial charge >= 0.3 is 16.3 Å². The van der Waals surface area contributed by atoms with Crippen LogP contribution in [0.3, 0.4) is 0 Å². The Morgan fingerprint density at radius 2 is 1.57 bits per heavy atom. The van der Waals surface area contributed by atoms with Gasteiger partial charge in [-0.05, 0) is 42.5 Å². The number of halogens is 6. The second-order valence-corrected chi connectivity index (χ2v) is 8.47. The molecule has 0 atom stereocenters. The van der Waals surface area contributed by atoms with Gasteiger partial charge in [0, 0.05) is 17.2 Å². The third-order valence-corrected chi connectivity index (χ3v) is 5.67. The van der Waals surface area contributed by atoms with Crippen LogP contribution in [0, 0.1) is 17.5 Å². The average molecular weight is 516 g/mol. The molecular weight excluding hydrogens is 502 g/mol. The van der Waals surface area contributed by atoms with Crippen LogP contribution in [-0.2, 0) is 27.5 Å². The number of benzene rings is 3. The van der Waals surface area contributed by atoms with Crippen LogP contribution in [0.1, 0.15) is 16.7 Å². The van der Waals surface area contributed by atoms with Crippen LogP contribution < -0.4 is 9.61 Å². The summed E-state index contributed by atoms with van der Waals surface area (Å²) in [5, 5.41) is 3.59. The molecule has 3 aromatic rings. The molecular formula is C22H14F6N2O4S. The molecule has 6 nitrogen and oxygen atoms in total. The average Bonchev–Trinajstić information content (AvgIpc) is 2.78. The van der Waals surface area contributed by atoms with E-state index in [1.54, 1.807) is 0 Å². The predicted molar refractivity (Wildman–Crippen MR) is 111 cm³/mol. The summed E-state index contributed by atoms with van der Waals surface area (Å²) in [5.41, 5.74) is 0.624. The van der Waals surface area contributed by atoms with Crippen LogP contribution >= 0.6 is 0 Å². The Bertz CT molecular complexity index is 1370. The maximum atomic E-state index is 13.7. The Morgan fingerprint density at radius 3 is 2.23 bits per heavy atom. The maximum absolute atomic E-state index is 13.7. The van der Waals surface area contributed by atoms with E-state index in [0.29, 0.717) is 24.3 Å². The van der Waals surface area contributed by atoms with Crippen LogP contribution in [0.2, 0.25) is 0 Å². The van der Waals surface area contributed by atoms with Gasteiger partial charge in [-0.25, -0.2) is 18.6 Å². The first-order chi connectivity index (χ1) is 16.4. The molecule has 0 fully saturated rings. The van der Waals surface area contributed by atoms with E-state index in [4.69, 9.17) is 4.18 Å². The molecule has 3 aromatic carbocycles. The minimum Gasteiger partial charge on any atom is -0.378 e. The monoisotopic (exact) mass is 516 g/mol. The number of nitrogens with one attached hydrogen (secondary N) is 1. The molecule has 0 radical (unpaired) electrons. The van der Waals surface area contributed by atoms with Crippen LogP contribution in [0.4, 0.5) is 26.3 Å². The Balaban J connectivity index is 1.71. The van der Waals surface area contributed by atoms with E-state index in [9.17, 15) is 39.6 Å². The molecule has 0 unspecified atom stereocenters. The molecule has 0 aliphatic heterocycles. The van der Waals surface area contributed by atoms with Crippen molar-refractivity contribution in [2.24, 2.45) is 5.10 Å². The fraction of sp³-hybridized carbons (Fsp3) is 0.0909. The summed E-state index contributed by atoms with van der Waals surface area (Å²) < 4.78 is 108. The summed E-state index contributed by atoms with van der Waals surface area (Å²) in [7, 11) is -4.52. The molecule has 184 valence electrons. The van der Waals surface area contributed by atoms with Crippen molar-refractivity contribution in [1.29, 1.82) is 0 Å². The number of carbonyl (C=O) groups is 1. The highest BCUT2D eigenvalue weighted by atomic mass is 32.2. The molecule has 0 aliphatic carbocycles. The van der Waals surface area contributed by atoms with Crippen molar-refractivity contribution in [3.05, 3.63) is 94.8 Å². The molecule has 0 spiro atoms. The van der Waals surface area contributed by atoms with Gasteiger partial charge in [0.15, 0.2) is 17.4 Å². The van der Waals surface area contributed by atoms with Crippen molar-refractivity contribution in [3.63, 3.8) is 0 Å². The van der Waals surface area contributed by atoms with Gasteiger partial charge in [-0.3, -0.25) is 4.79 Å². The van der Waals surface area contributed by atoms with Gasteiger partial charge in [0.1, 0.15) is 10.7 Å². The second-order valence-electron chi connectivity index (χ2n) is 6.93. The van der Waals surface area contributed by atoms with Gasteiger partial charge in [0.05, 0.1) is 18.2 Å². The molecule has 0 heterocycles. The minimum atomic E-state index is -4.65. The summed E-state index contributed by atoms with van der Waals surface area (Å²) in [6, 6.07) is 9.00. The van der Waals surface area contributed by atoms with Crippen molar-refractivity contribution in [1.82, 2.24) is 5.43 Å². The van der Waals surface area contributed by atoms with Crippen LogP contribution in [0.15, 0.2) is 70.7 Å². The predicted octanol–water partition coefficient (Wildman–Crippen LogP) is 4.58. The van der Waals surface area contributed by atoms with Crippen molar-refractivity contribution < 1.29 is 43.7 Å². The third-order valence-electron chi connectivity index (χ3n) is 4.42. The van der Waals surface area contributed by atoms with Gasteiger partial charge in [-0.2, -0.15) is 26.7 Å². The van der Waals surface area contributed by atoms with Gasteiger partial charge in [0.2, 0.25) is 5.91 Å². The Kier molecular flexibility index (Phi) is 7.48. The first-order valence-corrected chi connectivity index (χ1v) is 10.9. The van der Waals surface area contributed by atoms with Gasteiger partial charge < -0.3 is 4.18 Å². The molecule has 0 aliphatic rings. The van der Waals surface area contributed by atoms with E-state index in [1.807, 2.05) is 5.43 Å². The SMILES string of the molecule is O=C(Cc1cc(F)c(F)cc1F)NN=Cc1ccccc1OS(=O)(=O)c1ccc(C(F)(F)F)cc1. The summed E-state index contributed by atoms with van der Waals surface area (Å²) in [4.78, 5) is 11.4. The normalized spacial score (nSPS) is 12.1. The number of alkyl halides is 3. The van der Waals surface area contributed by atoms with Crippen molar-refractivity contribution >= 4 is 22.2 Å². The van der Waals surface area contributed by atoms with Gasteiger partial charge in [0.25, 0.3) is 0 Å². The Hall–Kier alpha value is -3.87. The van der Waals surface area contributed by atoms with E-state index >= 15 is 0 Å². The fourth-order valence-corrected chi connectivity index (χ4v) is 3.68. The summed E-state index contributed by atoms with van der Waals surface area (Å²) in [6.07, 6.45) is -4.31. The lowest BCUT2D eigenvalue weighted by Gasteiger charge is -2.11. The molecule has 1 amide bonds. The maximum Gasteiger partial charge on any atom is 0.416 e. The smallest absolute Gasteiger partial charge is 0.378 e. The van der Waals surface area contributed by atoms with Crippen LogP contribution in [-0.4, -0.2) is 20.5 Å². The van der Waals surface area contributed by atoms with Crippen LogP contribution in [0.5, 0.6) is 5.75 Å². The lowest BCUT2D eigenvalue weighted by Crippen LogP contribution is -2.20. The first kappa shape index (κ1) is 25.7. The zero-order chi connectivity index (χ0) is 25.8. The number of amides is 1. The lowest BCUT2D eigenvalue weighted by atomic mass is 10.1. The quantitative estimate of drug-likeness (QED) is 0.164. The van der Waals surface area contributed by atoms with Gasteiger partial charge in [-0.1, -0.05) is 12.1 Å². The fourth-order valence-electron chi connectivity index (χ4n) is 2.73. The highest BCUT2D eigenvalue weighted by molar-refractivity contribution is 7.87. The van der Waals surface area contributed by atoms with Gasteiger partial charge in [-0.15, -0.1) is 0 Å². The van der Waals surface area contributed by atoms with E-state index in [2.05, 4.69) is 5.10 Å². The number of para-hydroxylation sites is 1. The molecule has 35 heavy (non-hydrogen) atoms. The number of nitrogens with zero attached hydrogens (tertiary/aromatic N) is 1. The summed E-state index contributed by atoms with van der Waals surface area (Å²) in [5.74, 6) is -5.01. The number of rotatable bonds is 7. The molecule has 0 saturated carbocycles. The zero-order valence-electron chi connectivity index (χ0n) is 17.3. The molecule has 3 rings (SSSR count). The number of hydrogen-bond donors (Lipinski definition) is 1. The Labute approximate surface area is 195 Å². The zero-order valence-corrected chi connectivity index (χ0v) is 18.1. The molecule has 0 saturated heterocycles. The van der Waals surface area contributed by atoms with E-state index in [1.165, 1.54) is 24.3 Å². The lowest BCUT2D eigenvalue weighted by molar-refractivity contribution is -0.137.